The summed E-state index contributed by atoms with van der Waals surface area (Å²) in [4.78, 5) is 13.5. The molecule has 0 aliphatic carbocycles. The molecule has 0 saturated heterocycles. The van der Waals surface area contributed by atoms with E-state index in [4.69, 9.17) is 9.15 Å². The molecule has 32 heavy (non-hydrogen) atoms. The highest BCUT2D eigenvalue weighted by Gasteiger charge is 2.38. The minimum Gasteiger partial charge on any atom is -0.508 e. The summed E-state index contributed by atoms with van der Waals surface area (Å²) in [5, 5.41) is 41.8. The van der Waals surface area contributed by atoms with Crippen LogP contribution in [0.25, 0.3) is 22.1 Å². The van der Waals surface area contributed by atoms with Crippen LogP contribution in [0.4, 0.5) is 0 Å². The quantitative estimate of drug-likeness (QED) is 0.453. The second-order valence-corrected chi connectivity index (χ2v) is 8.93. The summed E-state index contributed by atoms with van der Waals surface area (Å²) in [6.07, 6.45) is 2.65. The average Bonchev–Trinajstić information content (AvgIpc) is 2.70. The highest BCUT2D eigenvalue weighted by molar-refractivity contribution is 5.90. The van der Waals surface area contributed by atoms with Crippen molar-refractivity contribution in [3.05, 3.63) is 57.5 Å². The van der Waals surface area contributed by atoms with Crippen LogP contribution >= 0.6 is 0 Å². The molecule has 1 aliphatic heterocycles. The van der Waals surface area contributed by atoms with Gasteiger partial charge in [-0.15, -0.1) is 0 Å². The molecule has 4 N–H and O–H groups in total. The van der Waals surface area contributed by atoms with Gasteiger partial charge in [-0.2, -0.15) is 0 Å². The highest BCUT2D eigenvalue weighted by Crippen LogP contribution is 2.45. The van der Waals surface area contributed by atoms with E-state index in [-0.39, 0.29) is 57.9 Å². The van der Waals surface area contributed by atoms with E-state index in [1.54, 1.807) is 19.9 Å². The fraction of sp³-hybridized carbons (Fsp3) is 0.320. The fourth-order valence-electron chi connectivity index (χ4n) is 3.90. The number of aromatic hydroxyl groups is 3. The van der Waals surface area contributed by atoms with Crippen LogP contribution in [0.3, 0.4) is 0 Å². The summed E-state index contributed by atoms with van der Waals surface area (Å²) in [5.41, 5.74) is 0.771. The molecule has 2 heterocycles. The predicted octanol–water partition coefficient (Wildman–Crippen LogP) is 4.16. The second kappa shape index (κ2) is 7.60. The van der Waals surface area contributed by atoms with Crippen LogP contribution in [0.1, 0.15) is 38.8 Å². The monoisotopic (exact) mass is 438 g/mol. The highest BCUT2D eigenvalue weighted by atomic mass is 16.5. The van der Waals surface area contributed by atoms with Gasteiger partial charge in [0.05, 0.1) is 11.7 Å². The topological polar surface area (TPSA) is 120 Å². The first kappa shape index (κ1) is 21.8. The summed E-state index contributed by atoms with van der Waals surface area (Å²) < 4.78 is 11.6. The van der Waals surface area contributed by atoms with Gasteiger partial charge in [0, 0.05) is 29.2 Å². The number of aliphatic hydroxyl groups excluding tert-OH is 1. The zero-order valence-corrected chi connectivity index (χ0v) is 18.4. The Labute approximate surface area is 184 Å². The molecule has 0 bridgehead atoms. The molecule has 0 spiro atoms. The van der Waals surface area contributed by atoms with Crippen molar-refractivity contribution in [1.82, 2.24) is 0 Å². The second-order valence-electron chi connectivity index (χ2n) is 8.93. The van der Waals surface area contributed by atoms with Gasteiger partial charge in [0.1, 0.15) is 45.8 Å². The van der Waals surface area contributed by atoms with Gasteiger partial charge < -0.3 is 29.6 Å². The minimum atomic E-state index is -0.933. The maximum absolute atomic E-state index is 13.5. The Balaban J connectivity index is 1.96. The van der Waals surface area contributed by atoms with E-state index in [9.17, 15) is 25.2 Å². The number of phenols is 3. The molecule has 1 atom stereocenters. The lowest BCUT2D eigenvalue weighted by Crippen LogP contribution is -2.46. The van der Waals surface area contributed by atoms with Gasteiger partial charge in [0.15, 0.2) is 0 Å². The molecule has 7 heteroatoms. The van der Waals surface area contributed by atoms with E-state index in [0.717, 1.165) is 5.57 Å². The lowest BCUT2D eigenvalue weighted by atomic mass is 9.88. The Morgan fingerprint density at radius 3 is 2.56 bits per heavy atom. The first-order chi connectivity index (χ1) is 15.0. The maximum atomic E-state index is 13.5. The first-order valence-electron chi connectivity index (χ1n) is 10.4. The number of hydrogen-bond donors (Lipinski definition) is 4. The molecule has 0 radical (unpaired) electrons. The van der Waals surface area contributed by atoms with E-state index >= 15 is 0 Å². The molecule has 3 aromatic rings. The van der Waals surface area contributed by atoms with Crippen molar-refractivity contribution in [3.63, 3.8) is 0 Å². The molecule has 0 amide bonds. The van der Waals surface area contributed by atoms with Crippen molar-refractivity contribution in [2.75, 3.05) is 0 Å². The molecule has 7 nitrogen and oxygen atoms in total. The number of phenolic OH excluding ortho intramolecular Hbond substituents is 3. The molecule has 1 aromatic heterocycles. The number of benzene rings is 2. The van der Waals surface area contributed by atoms with E-state index in [0.29, 0.717) is 11.1 Å². The average molecular weight is 438 g/mol. The largest absolute Gasteiger partial charge is 0.508 e. The number of rotatable bonds is 3. The summed E-state index contributed by atoms with van der Waals surface area (Å²) >= 11 is 0. The van der Waals surface area contributed by atoms with Crippen LogP contribution in [-0.4, -0.2) is 32.1 Å². The Morgan fingerprint density at radius 2 is 1.88 bits per heavy atom. The lowest BCUT2D eigenvalue weighted by Gasteiger charge is -2.38. The molecular formula is C25H26O7. The minimum absolute atomic E-state index is 0.0414. The van der Waals surface area contributed by atoms with Crippen LogP contribution in [0.5, 0.6) is 23.0 Å². The van der Waals surface area contributed by atoms with Gasteiger partial charge in [-0.1, -0.05) is 11.6 Å². The van der Waals surface area contributed by atoms with E-state index in [1.165, 1.54) is 18.4 Å². The fourth-order valence-corrected chi connectivity index (χ4v) is 3.90. The number of ether oxygens (including phenoxy) is 1. The van der Waals surface area contributed by atoms with E-state index in [1.807, 2.05) is 19.9 Å². The third-order valence-electron chi connectivity index (χ3n) is 5.93. The molecule has 0 unspecified atom stereocenters. The van der Waals surface area contributed by atoms with Crippen molar-refractivity contribution in [2.45, 2.75) is 52.2 Å². The summed E-state index contributed by atoms with van der Waals surface area (Å²) in [6, 6.07) is 4.29. The summed E-state index contributed by atoms with van der Waals surface area (Å²) in [7, 11) is 0. The van der Waals surface area contributed by atoms with Crippen LogP contribution in [0, 0.1) is 0 Å². The lowest BCUT2D eigenvalue weighted by molar-refractivity contribution is -0.0412. The van der Waals surface area contributed by atoms with Crippen molar-refractivity contribution < 1.29 is 29.6 Å². The third kappa shape index (κ3) is 3.48. The van der Waals surface area contributed by atoms with Crippen LogP contribution in [0.2, 0.25) is 0 Å². The molecule has 168 valence electrons. The van der Waals surface area contributed by atoms with Crippen LogP contribution in [0.15, 0.2) is 45.3 Å². The van der Waals surface area contributed by atoms with Gasteiger partial charge >= 0.3 is 0 Å². The third-order valence-corrected chi connectivity index (χ3v) is 5.93. The molecule has 0 fully saturated rings. The van der Waals surface area contributed by atoms with E-state index < -0.39 is 17.1 Å². The van der Waals surface area contributed by atoms with Crippen LogP contribution < -0.4 is 10.2 Å². The zero-order valence-electron chi connectivity index (χ0n) is 18.4. The molecule has 0 saturated carbocycles. The van der Waals surface area contributed by atoms with Gasteiger partial charge in [-0.3, -0.25) is 4.79 Å². The maximum Gasteiger partial charge on any atom is 0.204 e. The van der Waals surface area contributed by atoms with Crippen molar-refractivity contribution in [2.24, 2.45) is 0 Å². The molecular weight excluding hydrogens is 412 g/mol. The van der Waals surface area contributed by atoms with Crippen LogP contribution in [-0.2, 0) is 12.8 Å². The normalized spacial score (nSPS) is 17.0. The van der Waals surface area contributed by atoms with Gasteiger partial charge in [0.25, 0.3) is 0 Å². The summed E-state index contributed by atoms with van der Waals surface area (Å²) in [6.45, 7) is 7.24. The number of aliphatic hydroxyl groups is 1. The number of allylic oxidation sites excluding steroid dienone is 2. The predicted molar refractivity (Wildman–Crippen MR) is 120 cm³/mol. The first-order valence-corrected chi connectivity index (χ1v) is 10.4. The van der Waals surface area contributed by atoms with Crippen molar-refractivity contribution in [1.29, 1.82) is 0 Å². The summed E-state index contributed by atoms with van der Waals surface area (Å²) in [5.74, 6) is -0.253. The molecule has 2 aromatic carbocycles. The van der Waals surface area contributed by atoms with Crippen molar-refractivity contribution >= 4 is 11.0 Å². The number of fused-ring (bicyclic) bond motifs is 2. The zero-order chi connectivity index (χ0) is 23.4. The smallest absolute Gasteiger partial charge is 0.204 e. The van der Waals surface area contributed by atoms with Gasteiger partial charge in [-0.05, 0) is 46.2 Å². The standard InChI is InChI=1S/C25H26O7/c1-12(2)5-6-14-18(27)10-19-21(22(14)29)23(30)16(11-31-19)13-7-8-17(26)15-9-20(28)25(3,4)32-24(13)15/h5,7-8,10-11,20,26-29H,6,9H2,1-4H3/t20-/m1/s1. The Hall–Kier alpha value is -3.45. The Morgan fingerprint density at radius 1 is 1.16 bits per heavy atom. The Kier molecular flexibility index (Phi) is 5.17. The van der Waals surface area contributed by atoms with Gasteiger partial charge in [0.2, 0.25) is 5.43 Å². The van der Waals surface area contributed by atoms with E-state index in [2.05, 4.69) is 0 Å². The number of hydrogen-bond acceptors (Lipinski definition) is 7. The van der Waals surface area contributed by atoms with Crippen molar-refractivity contribution in [3.8, 4) is 34.1 Å². The Bertz CT molecular complexity index is 1310. The van der Waals surface area contributed by atoms with Gasteiger partial charge in [-0.25, -0.2) is 0 Å². The molecule has 4 rings (SSSR count). The molecule has 1 aliphatic rings. The SMILES string of the molecule is CC(C)=CCc1c(O)cc2occ(-c3ccc(O)c4c3OC(C)(C)[C@H](O)C4)c(=O)c2c1O.